The normalized spacial score (nSPS) is 12.8. The first kappa shape index (κ1) is 11.2. The van der Waals surface area contributed by atoms with E-state index in [9.17, 15) is 8.78 Å². The van der Waals surface area contributed by atoms with Crippen LogP contribution in [0.4, 0.5) is 8.78 Å². The van der Waals surface area contributed by atoms with E-state index in [0.29, 0.717) is 5.69 Å². The topological polar surface area (TPSA) is 38.9 Å². The Morgan fingerprint density at radius 1 is 1.38 bits per heavy atom. The summed E-state index contributed by atoms with van der Waals surface area (Å²) in [6.45, 7) is 1.84. The third-order valence-corrected chi connectivity index (χ3v) is 3.06. The number of aromatic nitrogens is 1. The van der Waals surface area contributed by atoms with Crippen molar-refractivity contribution >= 4 is 11.3 Å². The Morgan fingerprint density at radius 2 is 2.12 bits per heavy atom. The number of hydrogen-bond acceptors (Lipinski definition) is 3. The van der Waals surface area contributed by atoms with Gasteiger partial charge in [-0.25, -0.2) is 13.8 Å². The molecule has 1 aromatic heterocycles. The number of nitrogens with zero attached hydrogens (tertiary/aromatic N) is 1. The summed E-state index contributed by atoms with van der Waals surface area (Å²) >= 11 is 1.43. The molecule has 5 heteroatoms. The van der Waals surface area contributed by atoms with Crippen molar-refractivity contribution in [1.82, 2.24) is 4.98 Å². The summed E-state index contributed by atoms with van der Waals surface area (Å²) in [5, 5.41) is 2.60. The standard InChI is InChI=1S/C11H10F2N2S/c1-6-15-9(5-16-6)11(14)7-3-2-4-8(12)10(7)13/h2-5,11H,14H2,1H3. The van der Waals surface area contributed by atoms with Gasteiger partial charge < -0.3 is 5.73 Å². The number of benzene rings is 1. The molecule has 0 saturated heterocycles. The van der Waals surface area contributed by atoms with E-state index in [2.05, 4.69) is 4.98 Å². The van der Waals surface area contributed by atoms with Gasteiger partial charge in [-0.1, -0.05) is 12.1 Å². The molecule has 0 aliphatic rings. The van der Waals surface area contributed by atoms with E-state index in [4.69, 9.17) is 5.73 Å². The molecule has 0 aliphatic heterocycles. The molecule has 2 rings (SSSR count). The molecule has 0 aliphatic carbocycles. The lowest BCUT2D eigenvalue weighted by molar-refractivity contribution is 0.494. The van der Waals surface area contributed by atoms with E-state index in [1.54, 1.807) is 5.38 Å². The van der Waals surface area contributed by atoms with Gasteiger partial charge in [0.25, 0.3) is 0 Å². The molecule has 2 aromatic rings. The molecule has 2 nitrogen and oxygen atoms in total. The van der Waals surface area contributed by atoms with Gasteiger partial charge in [-0.3, -0.25) is 0 Å². The van der Waals surface area contributed by atoms with Gasteiger partial charge in [0.2, 0.25) is 0 Å². The molecule has 2 N–H and O–H groups in total. The van der Waals surface area contributed by atoms with Crippen molar-refractivity contribution in [3.63, 3.8) is 0 Å². The number of hydrogen-bond donors (Lipinski definition) is 1. The van der Waals surface area contributed by atoms with Gasteiger partial charge in [-0.05, 0) is 13.0 Å². The van der Waals surface area contributed by atoms with Gasteiger partial charge in [-0.15, -0.1) is 11.3 Å². The van der Waals surface area contributed by atoms with Crippen molar-refractivity contribution in [2.45, 2.75) is 13.0 Å². The van der Waals surface area contributed by atoms with Gasteiger partial charge >= 0.3 is 0 Å². The minimum Gasteiger partial charge on any atom is -0.319 e. The minimum absolute atomic E-state index is 0.130. The highest BCUT2D eigenvalue weighted by Gasteiger charge is 2.18. The second-order valence-corrected chi connectivity index (χ2v) is 4.47. The highest BCUT2D eigenvalue weighted by Crippen LogP contribution is 2.24. The van der Waals surface area contributed by atoms with Gasteiger partial charge in [0.05, 0.1) is 16.7 Å². The van der Waals surface area contributed by atoms with Crippen LogP contribution in [0.15, 0.2) is 23.6 Å². The zero-order chi connectivity index (χ0) is 11.7. The van der Waals surface area contributed by atoms with Gasteiger partial charge in [0.1, 0.15) is 0 Å². The Morgan fingerprint density at radius 3 is 2.75 bits per heavy atom. The molecule has 1 unspecified atom stereocenters. The van der Waals surface area contributed by atoms with E-state index in [1.807, 2.05) is 6.92 Å². The monoisotopic (exact) mass is 240 g/mol. The number of thiazole rings is 1. The fraction of sp³-hybridized carbons (Fsp3) is 0.182. The summed E-state index contributed by atoms with van der Waals surface area (Å²) in [6, 6.07) is 3.25. The van der Waals surface area contributed by atoms with Crippen molar-refractivity contribution < 1.29 is 8.78 Å². The quantitative estimate of drug-likeness (QED) is 0.876. The summed E-state index contributed by atoms with van der Waals surface area (Å²) in [6.07, 6.45) is 0. The Hall–Kier alpha value is -1.33. The summed E-state index contributed by atoms with van der Waals surface area (Å²) in [7, 11) is 0. The van der Waals surface area contributed by atoms with E-state index in [-0.39, 0.29) is 5.56 Å². The van der Waals surface area contributed by atoms with Crippen molar-refractivity contribution in [2.75, 3.05) is 0 Å². The Kier molecular flexibility index (Phi) is 2.98. The SMILES string of the molecule is Cc1nc(C(N)c2cccc(F)c2F)cs1. The highest BCUT2D eigenvalue weighted by atomic mass is 32.1. The van der Waals surface area contributed by atoms with Crippen LogP contribution in [0.5, 0.6) is 0 Å². The van der Waals surface area contributed by atoms with E-state index >= 15 is 0 Å². The van der Waals surface area contributed by atoms with Crippen LogP contribution in [-0.2, 0) is 0 Å². The lowest BCUT2D eigenvalue weighted by Gasteiger charge is -2.10. The van der Waals surface area contributed by atoms with Gasteiger partial charge in [0, 0.05) is 10.9 Å². The largest absolute Gasteiger partial charge is 0.319 e. The van der Waals surface area contributed by atoms with Crippen LogP contribution < -0.4 is 5.73 Å². The molecule has 1 aromatic carbocycles. The third kappa shape index (κ3) is 1.96. The van der Waals surface area contributed by atoms with Crippen LogP contribution in [0.25, 0.3) is 0 Å². The maximum absolute atomic E-state index is 13.5. The predicted molar refractivity (Wildman–Crippen MR) is 59.2 cm³/mol. The molecule has 0 fully saturated rings. The summed E-state index contributed by atoms with van der Waals surface area (Å²) in [4.78, 5) is 4.16. The number of nitrogens with two attached hydrogens (primary N) is 1. The Bertz CT molecular complexity index is 510. The molecular weight excluding hydrogens is 230 g/mol. The number of aryl methyl sites for hydroxylation is 1. The second-order valence-electron chi connectivity index (χ2n) is 3.41. The average molecular weight is 240 g/mol. The van der Waals surface area contributed by atoms with Crippen LogP contribution in [0, 0.1) is 18.6 Å². The van der Waals surface area contributed by atoms with Crippen molar-refractivity contribution in [2.24, 2.45) is 5.73 Å². The lowest BCUT2D eigenvalue weighted by Crippen LogP contribution is -2.14. The van der Waals surface area contributed by atoms with Crippen LogP contribution in [0.2, 0.25) is 0 Å². The average Bonchev–Trinajstić information content (AvgIpc) is 2.68. The van der Waals surface area contributed by atoms with Crippen LogP contribution in [0.1, 0.15) is 22.3 Å². The molecule has 16 heavy (non-hydrogen) atoms. The molecular formula is C11H10F2N2S. The zero-order valence-electron chi connectivity index (χ0n) is 8.58. The fourth-order valence-electron chi connectivity index (χ4n) is 1.44. The first-order chi connectivity index (χ1) is 7.59. The molecule has 0 amide bonds. The molecule has 0 spiro atoms. The Labute approximate surface area is 95.7 Å². The molecule has 1 heterocycles. The van der Waals surface area contributed by atoms with Crippen LogP contribution in [0.3, 0.4) is 0 Å². The smallest absolute Gasteiger partial charge is 0.163 e. The summed E-state index contributed by atoms with van der Waals surface area (Å²) in [5.74, 6) is -1.79. The summed E-state index contributed by atoms with van der Waals surface area (Å²) < 4.78 is 26.5. The second kappa shape index (κ2) is 4.27. The van der Waals surface area contributed by atoms with Crippen LogP contribution >= 0.6 is 11.3 Å². The Balaban J connectivity index is 2.41. The molecule has 1 atom stereocenters. The minimum atomic E-state index is -0.902. The molecule has 0 radical (unpaired) electrons. The first-order valence-corrected chi connectivity index (χ1v) is 5.59. The van der Waals surface area contributed by atoms with Gasteiger partial charge in [0.15, 0.2) is 11.6 Å². The van der Waals surface area contributed by atoms with Crippen molar-refractivity contribution in [3.8, 4) is 0 Å². The fourth-order valence-corrected chi connectivity index (χ4v) is 2.09. The third-order valence-electron chi connectivity index (χ3n) is 2.27. The molecule has 0 bridgehead atoms. The number of rotatable bonds is 2. The molecule has 84 valence electrons. The first-order valence-electron chi connectivity index (χ1n) is 4.71. The molecule has 0 saturated carbocycles. The predicted octanol–water partition coefficient (Wildman–Crippen LogP) is 2.78. The van der Waals surface area contributed by atoms with E-state index in [1.165, 1.54) is 23.5 Å². The lowest BCUT2D eigenvalue weighted by atomic mass is 10.0. The highest BCUT2D eigenvalue weighted by molar-refractivity contribution is 7.09. The van der Waals surface area contributed by atoms with E-state index in [0.717, 1.165) is 11.1 Å². The van der Waals surface area contributed by atoms with Crippen LogP contribution in [-0.4, -0.2) is 4.98 Å². The van der Waals surface area contributed by atoms with Gasteiger partial charge in [-0.2, -0.15) is 0 Å². The summed E-state index contributed by atoms with van der Waals surface area (Å²) in [5.41, 5.74) is 6.53. The zero-order valence-corrected chi connectivity index (χ0v) is 9.39. The van der Waals surface area contributed by atoms with Crippen molar-refractivity contribution in [1.29, 1.82) is 0 Å². The number of halogens is 2. The maximum atomic E-state index is 13.5. The maximum Gasteiger partial charge on any atom is 0.163 e. The van der Waals surface area contributed by atoms with Crippen molar-refractivity contribution in [3.05, 3.63) is 51.5 Å². The van der Waals surface area contributed by atoms with E-state index < -0.39 is 17.7 Å².